The predicted molar refractivity (Wildman–Crippen MR) is 91.4 cm³/mol. The molecule has 1 fully saturated rings. The largest absolute Gasteiger partial charge is 0.462 e. The first-order valence-electron chi connectivity index (χ1n) is 8.33. The van der Waals surface area contributed by atoms with E-state index < -0.39 is 0 Å². The van der Waals surface area contributed by atoms with E-state index in [1.807, 2.05) is 0 Å². The molecule has 0 spiro atoms. The van der Waals surface area contributed by atoms with E-state index in [2.05, 4.69) is 45.6 Å². The molecule has 120 valence electrons. The summed E-state index contributed by atoms with van der Waals surface area (Å²) in [4.78, 5) is 12.2. The standard InChI is InChI=1S/C20H28O2/c1-14(2)7-5-10-18-17-12-11-15(3)8-6-9-16(4)19(17)13-22-20(18)21/h7-8,10,17,19H,4-6,9,11-13H2,1-3H3/b15-8+,18-10+/t17-,19+/m1/s1. The molecule has 0 bridgehead atoms. The van der Waals surface area contributed by atoms with Crippen LogP contribution in [0.5, 0.6) is 0 Å². The molecule has 2 aliphatic rings. The fourth-order valence-corrected chi connectivity index (χ4v) is 3.32. The lowest BCUT2D eigenvalue weighted by Crippen LogP contribution is -2.34. The van der Waals surface area contributed by atoms with Crippen molar-refractivity contribution in [2.75, 3.05) is 6.61 Å². The SMILES string of the molecule is C=C1CC/C=C(\C)CC[C@@H]2/C(=C\CC=C(C)C)C(=O)OC[C@@H]12. The summed E-state index contributed by atoms with van der Waals surface area (Å²) in [6.07, 6.45) is 11.5. The van der Waals surface area contributed by atoms with Crippen molar-refractivity contribution in [3.63, 3.8) is 0 Å². The number of esters is 1. The van der Waals surface area contributed by atoms with E-state index in [0.29, 0.717) is 6.61 Å². The Balaban J connectivity index is 2.26. The van der Waals surface area contributed by atoms with Gasteiger partial charge in [-0.25, -0.2) is 4.79 Å². The molecule has 1 aliphatic carbocycles. The highest BCUT2D eigenvalue weighted by Crippen LogP contribution is 2.38. The molecule has 22 heavy (non-hydrogen) atoms. The first-order chi connectivity index (χ1) is 10.5. The summed E-state index contributed by atoms with van der Waals surface area (Å²) in [5, 5.41) is 0. The molecular weight excluding hydrogens is 272 g/mol. The van der Waals surface area contributed by atoms with Gasteiger partial charge in [0, 0.05) is 17.4 Å². The van der Waals surface area contributed by atoms with Gasteiger partial charge >= 0.3 is 5.97 Å². The predicted octanol–water partition coefficient (Wildman–Crippen LogP) is 5.13. The van der Waals surface area contributed by atoms with Gasteiger partial charge < -0.3 is 4.74 Å². The van der Waals surface area contributed by atoms with Crippen LogP contribution in [-0.4, -0.2) is 12.6 Å². The van der Waals surface area contributed by atoms with Crippen molar-refractivity contribution in [1.29, 1.82) is 0 Å². The Labute approximate surface area is 134 Å². The molecule has 2 atom stereocenters. The van der Waals surface area contributed by atoms with Crippen LogP contribution in [0.3, 0.4) is 0 Å². The molecule has 1 saturated heterocycles. The van der Waals surface area contributed by atoms with Crippen LogP contribution < -0.4 is 0 Å². The van der Waals surface area contributed by atoms with Crippen LogP contribution in [0.2, 0.25) is 0 Å². The Bertz CT molecular complexity index is 530. The molecule has 0 radical (unpaired) electrons. The molecule has 2 heteroatoms. The van der Waals surface area contributed by atoms with E-state index in [4.69, 9.17) is 4.74 Å². The van der Waals surface area contributed by atoms with Gasteiger partial charge in [0.05, 0.1) is 6.61 Å². The van der Waals surface area contributed by atoms with Crippen LogP contribution in [0.25, 0.3) is 0 Å². The van der Waals surface area contributed by atoms with Gasteiger partial charge in [-0.2, -0.15) is 0 Å². The smallest absolute Gasteiger partial charge is 0.334 e. The van der Waals surface area contributed by atoms with Gasteiger partial charge in [0.15, 0.2) is 0 Å². The fourth-order valence-electron chi connectivity index (χ4n) is 3.32. The number of ether oxygens (including phenoxy) is 1. The van der Waals surface area contributed by atoms with Gasteiger partial charge in [-0.15, -0.1) is 0 Å². The first-order valence-corrected chi connectivity index (χ1v) is 8.33. The summed E-state index contributed by atoms with van der Waals surface area (Å²) in [5.41, 5.74) is 4.80. The third kappa shape index (κ3) is 4.22. The van der Waals surface area contributed by atoms with E-state index in [0.717, 1.165) is 37.7 Å². The average Bonchev–Trinajstić information content (AvgIpc) is 2.52. The molecule has 2 rings (SSSR count). The van der Waals surface area contributed by atoms with Gasteiger partial charge in [0.1, 0.15) is 0 Å². The molecule has 0 aromatic heterocycles. The fraction of sp³-hybridized carbons (Fsp3) is 0.550. The first kappa shape index (κ1) is 16.8. The van der Waals surface area contributed by atoms with Crippen molar-refractivity contribution in [2.24, 2.45) is 11.8 Å². The quantitative estimate of drug-likeness (QED) is 0.401. The molecule has 0 N–H and O–H groups in total. The van der Waals surface area contributed by atoms with Gasteiger partial charge in [-0.05, 0) is 52.9 Å². The Morgan fingerprint density at radius 1 is 1.36 bits per heavy atom. The zero-order chi connectivity index (χ0) is 16.1. The number of cyclic esters (lactones) is 1. The highest BCUT2D eigenvalue weighted by atomic mass is 16.5. The second kappa shape index (κ2) is 7.62. The van der Waals surface area contributed by atoms with Crippen molar-refractivity contribution >= 4 is 5.97 Å². The zero-order valence-corrected chi connectivity index (χ0v) is 14.2. The maximum absolute atomic E-state index is 12.2. The lowest BCUT2D eigenvalue weighted by Gasteiger charge is -2.34. The number of carbonyl (C=O) groups is 1. The third-order valence-corrected chi connectivity index (χ3v) is 4.71. The summed E-state index contributed by atoms with van der Waals surface area (Å²) >= 11 is 0. The summed E-state index contributed by atoms with van der Waals surface area (Å²) in [6.45, 7) is 11.1. The summed E-state index contributed by atoms with van der Waals surface area (Å²) < 4.78 is 5.45. The van der Waals surface area contributed by atoms with E-state index in [-0.39, 0.29) is 17.8 Å². The van der Waals surface area contributed by atoms with Crippen molar-refractivity contribution in [2.45, 2.75) is 52.9 Å². The molecular formula is C20H28O2. The topological polar surface area (TPSA) is 26.3 Å². The van der Waals surface area contributed by atoms with Crippen molar-refractivity contribution < 1.29 is 9.53 Å². The normalized spacial score (nSPS) is 30.3. The number of fused-ring (bicyclic) bond motifs is 1. The van der Waals surface area contributed by atoms with Crippen LogP contribution >= 0.6 is 0 Å². The molecule has 1 heterocycles. The minimum atomic E-state index is -0.128. The van der Waals surface area contributed by atoms with Crippen LogP contribution in [0.4, 0.5) is 0 Å². The highest BCUT2D eigenvalue weighted by Gasteiger charge is 2.36. The third-order valence-electron chi connectivity index (χ3n) is 4.71. The van der Waals surface area contributed by atoms with Crippen molar-refractivity contribution in [3.05, 3.63) is 47.1 Å². The lowest BCUT2D eigenvalue weighted by atomic mass is 9.76. The maximum Gasteiger partial charge on any atom is 0.334 e. The van der Waals surface area contributed by atoms with Crippen LogP contribution in [0.15, 0.2) is 47.1 Å². The molecule has 0 saturated carbocycles. The van der Waals surface area contributed by atoms with Crippen LogP contribution in [-0.2, 0) is 9.53 Å². The minimum absolute atomic E-state index is 0.128. The second-order valence-electron chi connectivity index (χ2n) is 6.77. The van der Waals surface area contributed by atoms with Crippen molar-refractivity contribution in [1.82, 2.24) is 0 Å². The second-order valence-corrected chi connectivity index (χ2v) is 6.77. The van der Waals surface area contributed by atoms with Crippen molar-refractivity contribution in [3.8, 4) is 0 Å². The Morgan fingerprint density at radius 3 is 2.86 bits per heavy atom. The van der Waals surface area contributed by atoms with Gasteiger partial charge in [0.25, 0.3) is 0 Å². The number of carbonyl (C=O) groups excluding carboxylic acids is 1. The molecule has 0 aromatic rings. The minimum Gasteiger partial charge on any atom is -0.462 e. The summed E-state index contributed by atoms with van der Waals surface area (Å²) in [7, 11) is 0. The van der Waals surface area contributed by atoms with E-state index in [1.165, 1.54) is 16.7 Å². The highest BCUT2D eigenvalue weighted by molar-refractivity contribution is 5.90. The van der Waals surface area contributed by atoms with E-state index in [1.54, 1.807) is 0 Å². The Kier molecular flexibility index (Phi) is 5.82. The number of allylic oxidation sites excluding steroid dienone is 5. The summed E-state index contributed by atoms with van der Waals surface area (Å²) in [6, 6.07) is 0. The van der Waals surface area contributed by atoms with E-state index >= 15 is 0 Å². The summed E-state index contributed by atoms with van der Waals surface area (Å²) in [5.74, 6) is 0.424. The number of hydrogen-bond acceptors (Lipinski definition) is 2. The molecule has 0 aromatic carbocycles. The van der Waals surface area contributed by atoms with E-state index in [9.17, 15) is 4.79 Å². The Morgan fingerprint density at radius 2 is 2.14 bits per heavy atom. The number of rotatable bonds is 2. The average molecular weight is 300 g/mol. The van der Waals surface area contributed by atoms with Gasteiger partial charge in [-0.1, -0.05) is 41.5 Å². The van der Waals surface area contributed by atoms with Crippen LogP contribution in [0.1, 0.15) is 52.9 Å². The molecule has 0 unspecified atom stereocenters. The monoisotopic (exact) mass is 300 g/mol. The number of hydrogen-bond donors (Lipinski definition) is 0. The zero-order valence-electron chi connectivity index (χ0n) is 14.2. The maximum atomic E-state index is 12.2. The van der Waals surface area contributed by atoms with Gasteiger partial charge in [-0.3, -0.25) is 0 Å². The molecule has 2 nitrogen and oxygen atoms in total. The lowest BCUT2D eigenvalue weighted by molar-refractivity contribution is -0.144. The molecule has 1 aliphatic heterocycles. The molecule has 0 amide bonds. The Hall–Kier alpha value is -1.57. The van der Waals surface area contributed by atoms with Crippen LogP contribution in [0, 0.1) is 11.8 Å². The van der Waals surface area contributed by atoms with Gasteiger partial charge in [0.2, 0.25) is 0 Å².